The lowest BCUT2D eigenvalue weighted by Crippen LogP contribution is -2.39. The number of halogens is 2. The topological polar surface area (TPSA) is 170 Å². The van der Waals surface area contributed by atoms with Gasteiger partial charge in [-0.25, -0.2) is 19.2 Å². The van der Waals surface area contributed by atoms with E-state index in [-0.39, 0.29) is 12.0 Å². The number of H-pyrrole nitrogens is 1. The van der Waals surface area contributed by atoms with Crippen LogP contribution in [0.2, 0.25) is 5.02 Å². The number of hydroxylamine groups is 1. The number of carbonyl (C=O) groups excluding carboxylic acids is 1. The molecule has 0 aliphatic carbocycles. The van der Waals surface area contributed by atoms with Crippen molar-refractivity contribution in [3.63, 3.8) is 0 Å². The summed E-state index contributed by atoms with van der Waals surface area (Å²) in [5.74, 6) is -1.12. The highest BCUT2D eigenvalue weighted by molar-refractivity contribution is 9.11. The van der Waals surface area contributed by atoms with E-state index in [1.54, 1.807) is 24.3 Å². The van der Waals surface area contributed by atoms with E-state index in [1.807, 2.05) is 0 Å². The van der Waals surface area contributed by atoms with Crippen LogP contribution in [-0.4, -0.2) is 57.5 Å². The Balaban J connectivity index is 1.62. The van der Waals surface area contributed by atoms with Crippen LogP contribution in [0.5, 0.6) is 0 Å². The third-order valence-corrected chi connectivity index (χ3v) is 6.73. The fraction of sp³-hybridized carbons (Fsp3) is 0.381. The van der Waals surface area contributed by atoms with Gasteiger partial charge in [0, 0.05) is 17.6 Å². The zero-order valence-electron chi connectivity index (χ0n) is 19.5. The summed E-state index contributed by atoms with van der Waals surface area (Å²) in [5.41, 5.74) is -0.796. The average Bonchev–Trinajstić information content (AvgIpc) is 3.21. The lowest BCUT2D eigenvalue weighted by atomic mass is 10.2. The van der Waals surface area contributed by atoms with Gasteiger partial charge in [-0.1, -0.05) is 27.5 Å². The van der Waals surface area contributed by atoms with E-state index in [9.17, 15) is 28.9 Å². The Morgan fingerprint density at radius 1 is 1.41 bits per heavy atom. The Bertz CT molecular complexity index is 1300. The molecule has 202 valence electrons. The van der Waals surface area contributed by atoms with Crippen LogP contribution < -0.4 is 16.3 Å². The Morgan fingerprint density at radius 2 is 2.08 bits per heavy atom. The molecule has 0 saturated carbocycles. The molecule has 13 nitrogen and oxygen atoms in total. The number of phosphoric ester groups is 1. The summed E-state index contributed by atoms with van der Waals surface area (Å²) in [7, 11) is -3.63. The maximum absolute atomic E-state index is 12.5. The zero-order valence-corrected chi connectivity index (χ0v) is 22.8. The molecule has 2 aromatic rings. The molecule has 16 heteroatoms. The monoisotopic (exact) mass is 623 g/mol. The Labute approximate surface area is 223 Å². The van der Waals surface area contributed by atoms with Crippen LogP contribution in [-0.2, 0) is 28.0 Å². The largest absolute Gasteiger partial charge is 0.529 e. The summed E-state index contributed by atoms with van der Waals surface area (Å²) in [4.78, 5) is 55.4. The van der Waals surface area contributed by atoms with Gasteiger partial charge in [-0.2, -0.15) is 0 Å². The third-order valence-electron chi connectivity index (χ3n) is 5.33. The molecule has 1 fully saturated rings. The van der Waals surface area contributed by atoms with Crippen LogP contribution in [0.15, 0.2) is 45.0 Å². The van der Waals surface area contributed by atoms with Crippen molar-refractivity contribution < 1.29 is 38.0 Å². The number of phosphoric acid groups is 1. The van der Waals surface area contributed by atoms with Gasteiger partial charge in [0.25, 0.3) is 5.56 Å². The van der Waals surface area contributed by atoms with Crippen molar-refractivity contribution in [2.75, 3.05) is 18.8 Å². The lowest BCUT2D eigenvalue weighted by molar-refractivity contribution is -0.139. The highest BCUT2D eigenvalue weighted by atomic mass is 79.9. The van der Waals surface area contributed by atoms with Gasteiger partial charge in [-0.3, -0.25) is 28.6 Å². The first-order chi connectivity index (χ1) is 17.5. The van der Waals surface area contributed by atoms with Crippen molar-refractivity contribution >= 4 is 53.1 Å². The molecular formula is C21H24BrClN3O10P. The molecule has 1 aromatic carbocycles. The molecule has 1 aliphatic heterocycles. The number of aromatic amines is 1. The first kappa shape index (κ1) is 29.3. The van der Waals surface area contributed by atoms with E-state index in [1.165, 1.54) is 31.3 Å². The molecule has 1 aliphatic rings. The van der Waals surface area contributed by atoms with Crippen LogP contribution in [0.3, 0.4) is 0 Å². The number of carbonyl (C=O) groups is 1. The quantitative estimate of drug-likeness (QED) is 0.262. The summed E-state index contributed by atoms with van der Waals surface area (Å²) in [5, 5.41) is 11.9. The van der Waals surface area contributed by atoms with Crippen molar-refractivity contribution in [3.8, 4) is 0 Å². The standard InChI is InChI=1S/C21H24BrClN3O10P/c1-12(26(33-2)15-5-3-14(23)4-6-15)20(29)36-37(31,32)34-11-17-16(27)9-18(35-17)25-10-13(7-8-22)19(28)24-21(25)30/h3-8,10,12,16-18,27H,9,11H2,1-2H3,(H,31,32)(H,24,28,30)/b8-7+/t12-,16-,17+,18+/m0/s1. The number of ether oxygens (including phenoxy) is 1. The molecule has 0 amide bonds. The summed E-state index contributed by atoms with van der Waals surface area (Å²) in [6.07, 6.45) is -0.737. The van der Waals surface area contributed by atoms with Crippen molar-refractivity contribution in [1.29, 1.82) is 0 Å². The number of hydrogen-bond acceptors (Lipinski definition) is 10. The third kappa shape index (κ3) is 7.39. The number of rotatable bonds is 10. The second-order valence-corrected chi connectivity index (χ2v) is 10.2. The van der Waals surface area contributed by atoms with Crippen LogP contribution in [0.25, 0.3) is 6.08 Å². The first-order valence-corrected chi connectivity index (χ1v) is 13.5. The lowest BCUT2D eigenvalue weighted by Gasteiger charge is -2.27. The van der Waals surface area contributed by atoms with Gasteiger partial charge in [0.2, 0.25) is 0 Å². The number of aromatic nitrogens is 2. The Morgan fingerprint density at radius 3 is 2.70 bits per heavy atom. The summed E-state index contributed by atoms with van der Waals surface area (Å²) in [6, 6.07) is 5.14. The minimum atomic E-state index is -4.93. The van der Waals surface area contributed by atoms with E-state index in [0.717, 1.165) is 9.63 Å². The SMILES string of the molecule is CON(c1ccc(Cl)cc1)[C@@H](C)C(=O)OP(=O)(O)OC[C@H]1O[C@@H](n2cc(/C=C/Br)c(=O)[nH]c2=O)C[C@@H]1O. The van der Waals surface area contributed by atoms with Crippen LogP contribution >= 0.6 is 35.4 Å². The number of anilines is 1. The van der Waals surface area contributed by atoms with Gasteiger partial charge in [0.1, 0.15) is 12.3 Å². The molecule has 2 heterocycles. The molecule has 5 atom stereocenters. The van der Waals surface area contributed by atoms with E-state index in [4.69, 9.17) is 25.7 Å². The average molecular weight is 625 g/mol. The highest BCUT2D eigenvalue weighted by Gasteiger charge is 2.39. The maximum atomic E-state index is 12.5. The summed E-state index contributed by atoms with van der Waals surface area (Å²) in [6.45, 7) is 0.750. The minimum Gasteiger partial charge on any atom is -0.390 e. The maximum Gasteiger partial charge on any atom is 0.529 e. The van der Waals surface area contributed by atoms with E-state index < -0.39 is 56.1 Å². The molecule has 3 rings (SSSR count). The van der Waals surface area contributed by atoms with E-state index in [0.29, 0.717) is 10.7 Å². The Hall–Kier alpha value is -2.29. The van der Waals surface area contributed by atoms with Crippen molar-refractivity contribution in [2.45, 2.75) is 37.8 Å². The van der Waals surface area contributed by atoms with Gasteiger partial charge < -0.3 is 14.4 Å². The number of benzene rings is 1. The number of aliphatic hydroxyl groups is 1. The first-order valence-electron chi connectivity index (χ1n) is 10.7. The molecule has 3 N–H and O–H groups in total. The van der Waals surface area contributed by atoms with Crippen molar-refractivity contribution in [1.82, 2.24) is 9.55 Å². The second kappa shape index (κ2) is 12.5. The van der Waals surface area contributed by atoms with Gasteiger partial charge in [-0.15, -0.1) is 0 Å². The predicted octanol–water partition coefficient (Wildman–Crippen LogP) is 2.32. The number of nitrogens with zero attached hydrogens (tertiary/aromatic N) is 2. The molecule has 0 radical (unpaired) electrons. The normalized spacial score (nSPS) is 22.1. The minimum absolute atomic E-state index is 0.0755. The van der Waals surface area contributed by atoms with Gasteiger partial charge in [-0.05, 0) is 42.3 Å². The van der Waals surface area contributed by atoms with Crippen LogP contribution in [0, 0.1) is 0 Å². The summed E-state index contributed by atoms with van der Waals surface area (Å²) < 4.78 is 28.6. The van der Waals surface area contributed by atoms with Crippen LogP contribution in [0.4, 0.5) is 5.69 Å². The number of nitrogens with one attached hydrogen (secondary N) is 1. The number of hydrogen-bond donors (Lipinski definition) is 3. The fourth-order valence-electron chi connectivity index (χ4n) is 3.49. The van der Waals surface area contributed by atoms with Gasteiger partial charge >= 0.3 is 19.5 Å². The van der Waals surface area contributed by atoms with E-state index >= 15 is 0 Å². The Kier molecular flexibility index (Phi) is 9.89. The van der Waals surface area contributed by atoms with E-state index in [2.05, 4.69) is 25.4 Å². The zero-order chi connectivity index (χ0) is 27.3. The van der Waals surface area contributed by atoms with Crippen molar-refractivity contribution in [2.24, 2.45) is 0 Å². The fourth-order valence-corrected chi connectivity index (χ4v) is 4.67. The molecular weight excluding hydrogens is 601 g/mol. The highest BCUT2D eigenvalue weighted by Crippen LogP contribution is 2.45. The van der Waals surface area contributed by atoms with Gasteiger partial charge in [0.15, 0.2) is 6.04 Å². The smallest absolute Gasteiger partial charge is 0.390 e. The molecule has 0 spiro atoms. The van der Waals surface area contributed by atoms with Crippen LogP contribution in [0.1, 0.15) is 25.1 Å². The molecule has 0 bridgehead atoms. The number of aliphatic hydroxyl groups excluding tert-OH is 1. The molecule has 1 unspecified atom stereocenters. The van der Waals surface area contributed by atoms with Crippen molar-refractivity contribution in [3.05, 3.63) is 66.9 Å². The molecule has 1 saturated heterocycles. The molecule has 37 heavy (non-hydrogen) atoms. The molecule has 1 aromatic heterocycles. The van der Waals surface area contributed by atoms with Gasteiger partial charge in [0.05, 0.1) is 31.1 Å². The predicted molar refractivity (Wildman–Crippen MR) is 136 cm³/mol. The summed E-state index contributed by atoms with van der Waals surface area (Å²) >= 11 is 8.91. The second-order valence-electron chi connectivity index (χ2n) is 7.81.